The van der Waals surface area contributed by atoms with Gasteiger partial charge in [-0.05, 0) is 45.0 Å². The van der Waals surface area contributed by atoms with E-state index in [1.54, 1.807) is 0 Å². The van der Waals surface area contributed by atoms with Gasteiger partial charge in [-0.2, -0.15) is 0 Å². The van der Waals surface area contributed by atoms with Crippen LogP contribution >= 0.6 is 0 Å². The number of ether oxygens (including phenoxy) is 2. The van der Waals surface area contributed by atoms with Crippen molar-refractivity contribution in [2.24, 2.45) is 5.92 Å². The van der Waals surface area contributed by atoms with Crippen molar-refractivity contribution in [3.8, 4) is 11.1 Å². The van der Waals surface area contributed by atoms with E-state index in [2.05, 4.69) is 30.3 Å². The molecule has 0 fully saturated rings. The number of rotatable bonds is 7. The third-order valence-corrected chi connectivity index (χ3v) is 6.62. The highest BCUT2D eigenvalue weighted by Gasteiger charge is 2.30. The molecule has 0 bridgehead atoms. The lowest BCUT2D eigenvalue weighted by Gasteiger charge is -2.17. The van der Waals surface area contributed by atoms with Gasteiger partial charge in [0.05, 0.1) is 19.4 Å². The van der Waals surface area contributed by atoms with E-state index in [9.17, 15) is 9.59 Å². The molecule has 1 atom stereocenters. The minimum atomic E-state index is -0.596. The van der Waals surface area contributed by atoms with Gasteiger partial charge in [0.25, 0.3) is 0 Å². The van der Waals surface area contributed by atoms with Gasteiger partial charge in [0.2, 0.25) is 0 Å². The summed E-state index contributed by atoms with van der Waals surface area (Å²) in [5.74, 6) is -1.39. The van der Waals surface area contributed by atoms with Crippen LogP contribution in [0.15, 0.2) is 91.0 Å². The molecule has 5 rings (SSSR count). The zero-order chi connectivity index (χ0) is 23.5. The molecule has 0 amide bonds. The third kappa shape index (κ3) is 4.32. The van der Waals surface area contributed by atoms with Gasteiger partial charge >= 0.3 is 11.9 Å². The molecule has 4 aromatic carbocycles. The highest BCUT2D eigenvalue weighted by atomic mass is 16.5. The topological polar surface area (TPSA) is 52.6 Å². The maximum atomic E-state index is 12.8. The Labute approximate surface area is 199 Å². The lowest BCUT2D eigenvalue weighted by atomic mass is 9.94. The van der Waals surface area contributed by atoms with E-state index in [1.165, 1.54) is 18.2 Å². The van der Waals surface area contributed by atoms with Gasteiger partial charge in [-0.3, -0.25) is 9.59 Å². The van der Waals surface area contributed by atoms with Crippen molar-refractivity contribution in [1.29, 1.82) is 0 Å². The van der Waals surface area contributed by atoms with Crippen LogP contribution in [0.25, 0.3) is 21.9 Å². The van der Waals surface area contributed by atoms with Crippen molar-refractivity contribution in [1.82, 2.24) is 0 Å². The molecule has 0 aromatic heterocycles. The average molecular weight is 451 g/mol. The van der Waals surface area contributed by atoms with Crippen molar-refractivity contribution in [2.75, 3.05) is 13.7 Å². The Hall–Kier alpha value is -3.92. The van der Waals surface area contributed by atoms with Crippen LogP contribution in [0, 0.1) is 5.92 Å². The summed E-state index contributed by atoms with van der Waals surface area (Å²) in [6.07, 6.45) is 0.400. The SMILES string of the molecule is COC(=O)C(CC(=O)OCC1c2ccccc2-c2ccccc21)Cc1ccc2ccccc2c1. The number of esters is 2. The summed E-state index contributed by atoms with van der Waals surface area (Å²) >= 11 is 0. The molecule has 4 nitrogen and oxygen atoms in total. The number of fused-ring (bicyclic) bond motifs is 4. The predicted octanol–water partition coefficient (Wildman–Crippen LogP) is 5.92. The summed E-state index contributed by atoms with van der Waals surface area (Å²) in [4.78, 5) is 25.3. The lowest BCUT2D eigenvalue weighted by molar-refractivity contribution is -0.153. The fraction of sp³-hybridized carbons (Fsp3) is 0.200. The van der Waals surface area contributed by atoms with Crippen molar-refractivity contribution < 1.29 is 19.1 Å². The summed E-state index contributed by atoms with van der Waals surface area (Å²) in [6, 6.07) is 30.6. The highest BCUT2D eigenvalue weighted by Crippen LogP contribution is 2.44. The van der Waals surface area contributed by atoms with Crippen LogP contribution in [0.5, 0.6) is 0 Å². The third-order valence-electron chi connectivity index (χ3n) is 6.62. The smallest absolute Gasteiger partial charge is 0.309 e. The van der Waals surface area contributed by atoms with E-state index in [0.717, 1.165) is 27.5 Å². The number of carbonyl (C=O) groups is 2. The minimum Gasteiger partial charge on any atom is -0.469 e. The molecular formula is C30H26O4. The van der Waals surface area contributed by atoms with Crippen LogP contribution in [0.2, 0.25) is 0 Å². The van der Waals surface area contributed by atoms with Crippen LogP contribution in [0.3, 0.4) is 0 Å². The summed E-state index contributed by atoms with van der Waals surface area (Å²) < 4.78 is 10.7. The largest absolute Gasteiger partial charge is 0.469 e. The minimum absolute atomic E-state index is 0.00610. The molecule has 0 spiro atoms. The Kier molecular flexibility index (Phi) is 6.13. The van der Waals surface area contributed by atoms with Gasteiger partial charge in [0.15, 0.2) is 0 Å². The summed E-state index contributed by atoms with van der Waals surface area (Å²) in [5.41, 5.74) is 5.68. The van der Waals surface area contributed by atoms with Crippen LogP contribution in [-0.4, -0.2) is 25.7 Å². The Bertz CT molecular complexity index is 1310. The van der Waals surface area contributed by atoms with Gasteiger partial charge in [-0.15, -0.1) is 0 Å². The molecule has 4 heteroatoms. The lowest BCUT2D eigenvalue weighted by Crippen LogP contribution is -2.24. The Morgan fingerprint density at radius 2 is 1.41 bits per heavy atom. The maximum Gasteiger partial charge on any atom is 0.309 e. The number of methoxy groups -OCH3 is 1. The first-order chi connectivity index (χ1) is 16.6. The molecule has 34 heavy (non-hydrogen) atoms. The van der Waals surface area contributed by atoms with E-state index in [-0.39, 0.29) is 18.9 Å². The van der Waals surface area contributed by atoms with E-state index in [0.29, 0.717) is 6.42 Å². The first-order valence-electron chi connectivity index (χ1n) is 11.5. The van der Waals surface area contributed by atoms with E-state index in [4.69, 9.17) is 9.47 Å². The second kappa shape index (κ2) is 9.52. The summed E-state index contributed by atoms with van der Waals surface area (Å²) in [6.45, 7) is 0.247. The number of hydrogen-bond donors (Lipinski definition) is 0. The average Bonchev–Trinajstić information content (AvgIpc) is 3.20. The molecule has 0 N–H and O–H groups in total. The highest BCUT2D eigenvalue weighted by molar-refractivity contribution is 5.84. The summed E-state index contributed by atoms with van der Waals surface area (Å²) in [7, 11) is 1.35. The quantitative estimate of drug-likeness (QED) is 0.328. The monoisotopic (exact) mass is 450 g/mol. The maximum absolute atomic E-state index is 12.8. The Balaban J connectivity index is 1.28. The molecule has 0 radical (unpaired) electrons. The molecule has 0 saturated heterocycles. The van der Waals surface area contributed by atoms with Crippen molar-refractivity contribution in [3.05, 3.63) is 108 Å². The van der Waals surface area contributed by atoms with Crippen molar-refractivity contribution >= 4 is 22.7 Å². The van der Waals surface area contributed by atoms with Gasteiger partial charge in [-0.25, -0.2) is 0 Å². The van der Waals surface area contributed by atoms with Crippen LogP contribution < -0.4 is 0 Å². The fourth-order valence-corrected chi connectivity index (χ4v) is 4.93. The molecule has 1 unspecified atom stereocenters. The first-order valence-corrected chi connectivity index (χ1v) is 11.5. The van der Waals surface area contributed by atoms with E-state index in [1.807, 2.05) is 60.7 Å². The molecule has 1 aliphatic rings. The standard InChI is InChI=1S/C30H26O4/c1-33-30(32)23(17-20-14-15-21-8-2-3-9-22(21)16-20)18-29(31)34-19-28-26-12-6-4-10-24(26)25-11-5-7-13-27(25)28/h2-16,23,28H,17-19H2,1H3. The van der Waals surface area contributed by atoms with Crippen LogP contribution in [0.1, 0.15) is 29.0 Å². The summed E-state index contributed by atoms with van der Waals surface area (Å²) in [5, 5.41) is 2.24. The normalized spacial score (nSPS) is 13.2. The Morgan fingerprint density at radius 1 is 0.794 bits per heavy atom. The number of hydrogen-bond acceptors (Lipinski definition) is 4. The molecule has 0 heterocycles. The second-order valence-electron chi connectivity index (χ2n) is 8.72. The van der Waals surface area contributed by atoms with Crippen molar-refractivity contribution in [3.63, 3.8) is 0 Å². The van der Waals surface area contributed by atoms with Crippen LogP contribution in [0.4, 0.5) is 0 Å². The molecular weight excluding hydrogens is 424 g/mol. The number of carbonyl (C=O) groups excluding carboxylic acids is 2. The molecule has 4 aromatic rings. The fourth-order valence-electron chi connectivity index (χ4n) is 4.93. The predicted molar refractivity (Wildman–Crippen MR) is 132 cm³/mol. The van der Waals surface area contributed by atoms with Gasteiger partial charge in [0.1, 0.15) is 6.61 Å². The van der Waals surface area contributed by atoms with E-state index < -0.39 is 17.9 Å². The van der Waals surface area contributed by atoms with Gasteiger partial charge < -0.3 is 9.47 Å². The van der Waals surface area contributed by atoms with Gasteiger partial charge in [-0.1, -0.05) is 91.0 Å². The number of benzene rings is 4. The first kappa shape index (κ1) is 21.9. The zero-order valence-corrected chi connectivity index (χ0v) is 19.1. The molecule has 0 saturated carbocycles. The molecule has 170 valence electrons. The molecule has 0 aliphatic heterocycles. The molecule has 1 aliphatic carbocycles. The van der Waals surface area contributed by atoms with Crippen LogP contribution in [-0.2, 0) is 25.5 Å². The van der Waals surface area contributed by atoms with Gasteiger partial charge in [0, 0.05) is 5.92 Å². The second-order valence-corrected chi connectivity index (χ2v) is 8.72. The van der Waals surface area contributed by atoms with Crippen molar-refractivity contribution in [2.45, 2.75) is 18.8 Å². The van der Waals surface area contributed by atoms with E-state index >= 15 is 0 Å². The zero-order valence-electron chi connectivity index (χ0n) is 19.1. The Morgan fingerprint density at radius 3 is 2.09 bits per heavy atom.